The first kappa shape index (κ1) is 22.6. The van der Waals surface area contributed by atoms with E-state index in [1.807, 2.05) is 24.3 Å². The molecule has 2 aromatic rings. The number of azo groups is 2. The summed E-state index contributed by atoms with van der Waals surface area (Å²) >= 11 is 0. The predicted octanol–water partition coefficient (Wildman–Crippen LogP) is 9.03. The summed E-state index contributed by atoms with van der Waals surface area (Å²) in [5.41, 5.74) is 1.83. The molecule has 0 saturated heterocycles. The summed E-state index contributed by atoms with van der Waals surface area (Å²) < 4.78 is 0. The molecule has 4 nitrogen and oxygen atoms in total. The molecule has 0 radical (unpaired) electrons. The fourth-order valence-corrected chi connectivity index (χ4v) is 4.29. The van der Waals surface area contributed by atoms with Gasteiger partial charge in [-0.25, -0.2) is 0 Å². The number of unbranched alkanes of at least 4 members (excludes halogenated alkanes) is 4. The lowest BCUT2D eigenvalue weighted by Gasteiger charge is -2.02. The van der Waals surface area contributed by atoms with Gasteiger partial charge in [0.25, 0.3) is 0 Å². The van der Waals surface area contributed by atoms with Crippen LogP contribution < -0.4 is 0 Å². The van der Waals surface area contributed by atoms with Crippen molar-refractivity contribution in [1.82, 2.24) is 0 Å². The van der Waals surface area contributed by atoms with Crippen LogP contribution in [0.1, 0.15) is 52.4 Å². The molecule has 0 aliphatic heterocycles. The third-order valence-corrected chi connectivity index (χ3v) is 6.42. The van der Waals surface area contributed by atoms with Crippen molar-refractivity contribution in [2.24, 2.45) is 20.5 Å². The second kappa shape index (κ2) is 14.4. The first-order chi connectivity index (χ1) is 13.8. The van der Waals surface area contributed by atoms with Crippen LogP contribution in [-0.4, -0.2) is 13.1 Å². The van der Waals surface area contributed by atoms with Crippen molar-refractivity contribution in [2.75, 3.05) is 13.1 Å². The van der Waals surface area contributed by atoms with E-state index in [9.17, 15) is 0 Å². The summed E-state index contributed by atoms with van der Waals surface area (Å²) in [5.74, 6) is 0. The van der Waals surface area contributed by atoms with Crippen LogP contribution in [0, 0.1) is 0 Å². The van der Waals surface area contributed by atoms with Crippen LogP contribution in [-0.2, 0) is 0 Å². The highest BCUT2D eigenvalue weighted by atomic mass is 33.1. The number of nitrogens with zero attached hydrogens (tertiary/aromatic N) is 4. The van der Waals surface area contributed by atoms with E-state index in [4.69, 9.17) is 0 Å². The highest BCUT2D eigenvalue weighted by Gasteiger charge is 1.99. The van der Waals surface area contributed by atoms with Gasteiger partial charge in [-0.2, -0.15) is 20.5 Å². The Morgan fingerprint density at radius 2 is 0.964 bits per heavy atom. The maximum Gasteiger partial charge on any atom is 0.0853 e. The average Bonchev–Trinajstić information content (AvgIpc) is 2.74. The van der Waals surface area contributed by atoms with E-state index in [1.54, 1.807) is 21.6 Å². The number of hydrogen-bond acceptors (Lipinski definition) is 6. The van der Waals surface area contributed by atoms with Gasteiger partial charge in [-0.3, -0.25) is 0 Å². The molecule has 150 valence electrons. The van der Waals surface area contributed by atoms with Crippen molar-refractivity contribution >= 4 is 33.0 Å². The van der Waals surface area contributed by atoms with Crippen LogP contribution in [0.5, 0.6) is 0 Å². The lowest BCUT2D eigenvalue weighted by molar-refractivity contribution is 0.713. The Bertz CT molecular complexity index is 649. The Labute approximate surface area is 177 Å². The quantitative estimate of drug-likeness (QED) is 0.186. The molecule has 0 atom stereocenters. The van der Waals surface area contributed by atoms with Crippen LogP contribution >= 0.6 is 21.6 Å². The van der Waals surface area contributed by atoms with Gasteiger partial charge in [-0.05, 0) is 61.4 Å². The minimum Gasteiger partial charge on any atom is -0.189 e. The molecule has 28 heavy (non-hydrogen) atoms. The van der Waals surface area contributed by atoms with E-state index >= 15 is 0 Å². The SMILES string of the molecule is CCCCC/N=N/c1ccc(SSc2ccc(/N=N/CCCCC)cc2)cc1. The molecule has 6 heteroatoms. The fraction of sp³-hybridized carbons (Fsp3) is 0.455. The molecule has 0 saturated carbocycles. The Kier molecular flexibility index (Phi) is 11.6. The monoisotopic (exact) mass is 414 g/mol. The summed E-state index contributed by atoms with van der Waals surface area (Å²) in [6, 6.07) is 16.5. The number of hydrogen-bond donors (Lipinski definition) is 0. The van der Waals surface area contributed by atoms with Crippen molar-refractivity contribution in [3.63, 3.8) is 0 Å². The van der Waals surface area contributed by atoms with Crippen LogP contribution in [0.3, 0.4) is 0 Å². The summed E-state index contributed by atoms with van der Waals surface area (Å²) in [7, 11) is 3.48. The van der Waals surface area contributed by atoms with Gasteiger partial charge in [-0.1, -0.05) is 61.1 Å². The minimum absolute atomic E-state index is 0.814. The maximum atomic E-state index is 4.28. The Balaban J connectivity index is 1.74. The highest BCUT2D eigenvalue weighted by Crippen LogP contribution is 2.38. The normalized spacial score (nSPS) is 11.6. The van der Waals surface area contributed by atoms with Gasteiger partial charge < -0.3 is 0 Å². The van der Waals surface area contributed by atoms with Crippen LogP contribution in [0.25, 0.3) is 0 Å². The Hall–Kier alpha value is -1.66. The smallest absolute Gasteiger partial charge is 0.0853 e. The predicted molar refractivity (Wildman–Crippen MR) is 122 cm³/mol. The van der Waals surface area contributed by atoms with Crippen molar-refractivity contribution in [3.05, 3.63) is 48.5 Å². The van der Waals surface area contributed by atoms with Gasteiger partial charge >= 0.3 is 0 Å². The van der Waals surface area contributed by atoms with Crippen molar-refractivity contribution in [1.29, 1.82) is 0 Å². The van der Waals surface area contributed by atoms with Crippen molar-refractivity contribution < 1.29 is 0 Å². The molecule has 0 aliphatic carbocycles. The van der Waals surface area contributed by atoms with Gasteiger partial charge in [0.1, 0.15) is 0 Å². The molecule has 0 fully saturated rings. The Morgan fingerprint density at radius 3 is 1.32 bits per heavy atom. The fourth-order valence-electron chi connectivity index (χ4n) is 2.36. The van der Waals surface area contributed by atoms with Gasteiger partial charge in [0, 0.05) is 9.79 Å². The third kappa shape index (κ3) is 9.51. The first-order valence-electron chi connectivity index (χ1n) is 10.1. The van der Waals surface area contributed by atoms with E-state index < -0.39 is 0 Å². The molecule has 0 aromatic heterocycles. The zero-order valence-corrected chi connectivity index (χ0v) is 18.5. The zero-order chi connectivity index (χ0) is 19.9. The van der Waals surface area contributed by atoms with Gasteiger partial charge in [0.2, 0.25) is 0 Å². The van der Waals surface area contributed by atoms with Crippen molar-refractivity contribution in [3.8, 4) is 0 Å². The Morgan fingerprint density at radius 1 is 0.571 bits per heavy atom. The molecule has 2 aromatic carbocycles. The molecule has 0 unspecified atom stereocenters. The molecule has 0 amide bonds. The molecule has 0 N–H and O–H groups in total. The molecule has 2 rings (SSSR count). The molecule has 0 spiro atoms. The largest absolute Gasteiger partial charge is 0.189 e. The summed E-state index contributed by atoms with van der Waals surface area (Å²) in [6.45, 7) is 6.02. The van der Waals surface area contributed by atoms with E-state index in [0.29, 0.717) is 0 Å². The highest BCUT2D eigenvalue weighted by molar-refractivity contribution is 8.76. The number of rotatable bonds is 13. The van der Waals surface area contributed by atoms with Gasteiger partial charge in [-0.15, -0.1) is 0 Å². The average molecular weight is 415 g/mol. The second-order valence-corrected chi connectivity index (χ2v) is 8.77. The minimum atomic E-state index is 0.814. The summed E-state index contributed by atoms with van der Waals surface area (Å²) in [6.07, 6.45) is 7.09. The van der Waals surface area contributed by atoms with E-state index in [1.165, 1.54) is 35.5 Å². The topological polar surface area (TPSA) is 49.4 Å². The molecule has 0 bridgehead atoms. The van der Waals surface area contributed by atoms with E-state index in [2.05, 4.69) is 58.6 Å². The van der Waals surface area contributed by atoms with Crippen LogP contribution in [0.4, 0.5) is 11.4 Å². The lowest BCUT2D eigenvalue weighted by Crippen LogP contribution is -1.78. The van der Waals surface area contributed by atoms with Gasteiger partial charge in [0.15, 0.2) is 0 Å². The van der Waals surface area contributed by atoms with Crippen LogP contribution in [0.15, 0.2) is 78.8 Å². The molecule has 0 aliphatic rings. The summed E-state index contributed by atoms with van der Waals surface area (Å²) in [4.78, 5) is 2.41. The molecule has 0 heterocycles. The number of benzene rings is 2. The van der Waals surface area contributed by atoms with Crippen molar-refractivity contribution in [2.45, 2.75) is 62.2 Å². The summed E-state index contributed by atoms with van der Waals surface area (Å²) in [5, 5.41) is 17.0. The molecular formula is C22H30N4S2. The molecular weight excluding hydrogens is 384 g/mol. The lowest BCUT2D eigenvalue weighted by atomic mass is 10.3. The first-order valence-corrected chi connectivity index (χ1v) is 12.3. The van der Waals surface area contributed by atoms with Crippen LogP contribution in [0.2, 0.25) is 0 Å². The van der Waals surface area contributed by atoms with E-state index in [-0.39, 0.29) is 0 Å². The van der Waals surface area contributed by atoms with E-state index in [0.717, 1.165) is 37.3 Å². The third-order valence-electron chi connectivity index (χ3n) is 4.00. The standard InChI is InChI=1S/C22H30N4S2/c1-3-5-7-17-23-25-19-9-13-21(14-10-19)27-28-22-15-11-20(12-16-22)26-24-18-8-6-4-2/h9-16H,3-8,17-18H2,1-2H3/b25-23+,26-24+. The van der Waals surface area contributed by atoms with Gasteiger partial charge in [0.05, 0.1) is 24.5 Å². The second-order valence-electron chi connectivity index (χ2n) is 6.50. The zero-order valence-electron chi connectivity index (χ0n) is 16.9. The maximum absolute atomic E-state index is 4.28.